The van der Waals surface area contributed by atoms with Crippen LogP contribution in [0.15, 0.2) is 65.6 Å². The summed E-state index contributed by atoms with van der Waals surface area (Å²) in [6, 6.07) is 19.3. The summed E-state index contributed by atoms with van der Waals surface area (Å²) in [7, 11) is 0. The molecule has 0 amide bonds. The minimum absolute atomic E-state index is 0.311. The normalized spacial score (nSPS) is 12.2. The number of hydrogen-bond donors (Lipinski definition) is 0. The maximum Gasteiger partial charge on any atom is 0.172 e. The molecule has 0 saturated carbocycles. The van der Waals surface area contributed by atoms with Crippen LogP contribution in [0.2, 0.25) is 0 Å². The van der Waals surface area contributed by atoms with E-state index in [1.54, 1.807) is 12.1 Å². The van der Waals surface area contributed by atoms with Gasteiger partial charge in [-0.1, -0.05) is 99.7 Å². The molecule has 3 aromatic rings. The molecule has 3 aromatic carbocycles. The molecule has 3 heteroatoms. The van der Waals surface area contributed by atoms with Crippen molar-refractivity contribution in [2.24, 2.45) is 5.92 Å². The summed E-state index contributed by atoms with van der Waals surface area (Å²) in [5.74, 6) is 0.0785. The average molecular weight is 439 g/mol. The highest BCUT2D eigenvalue weighted by Gasteiger charge is 2.15. The van der Waals surface area contributed by atoms with Crippen LogP contribution in [0.5, 0.6) is 0 Å². The van der Waals surface area contributed by atoms with Gasteiger partial charge in [0, 0.05) is 10.5 Å². The second-order valence-electron chi connectivity index (χ2n) is 8.42. The Morgan fingerprint density at radius 3 is 2.00 bits per heavy atom. The summed E-state index contributed by atoms with van der Waals surface area (Å²) in [4.78, 5) is 0.402. The summed E-state index contributed by atoms with van der Waals surface area (Å²) < 4.78 is 29.5. The van der Waals surface area contributed by atoms with Crippen LogP contribution in [0.1, 0.15) is 51.5 Å². The molecule has 164 valence electrons. The number of hydrogen-bond acceptors (Lipinski definition) is 1. The zero-order chi connectivity index (χ0) is 22.2. The highest BCUT2D eigenvalue weighted by atomic mass is 32.2. The van der Waals surface area contributed by atoms with Gasteiger partial charge < -0.3 is 0 Å². The quantitative estimate of drug-likeness (QED) is 0.224. The van der Waals surface area contributed by atoms with Gasteiger partial charge in [0.25, 0.3) is 0 Å². The average Bonchev–Trinajstić information content (AvgIpc) is 2.77. The highest BCUT2D eigenvalue weighted by Crippen LogP contribution is 2.32. The number of halogens is 2. The maximum absolute atomic E-state index is 14.8. The Bertz CT molecular complexity index is 962. The van der Waals surface area contributed by atoms with Crippen LogP contribution in [-0.2, 0) is 0 Å². The first-order valence-electron chi connectivity index (χ1n) is 11.3. The standard InChI is InChI=1S/C28H32F2S/c1-4-7-20(2)8-5-6-19-31-26-18-17-25(27(29)28(26)30)24-15-13-23(14-16-24)22-11-9-21(3)10-12-22/h9-18,20H,4-8,19H2,1-3H3. The molecule has 0 aliphatic rings. The van der Waals surface area contributed by atoms with Crippen molar-refractivity contribution in [1.82, 2.24) is 0 Å². The molecule has 0 nitrogen and oxygen atoms in total. The number of unbranched alkanes of at least 4 members (excludes halogenated alkanes) is 1. The monoisotopic (exact) mass is 438 g/mol. The molecule has 0 fully saturated rings. The SMILES string of the molecule is CCCC(C)CCCCSc1ccc(-c2ccc(-c3ccc(C)cc3)cc2)c(F)c1F. The van der Waals surface area contributed by atoms with Gasteiger partial charge in [0.15, 0.2) is 11.6 Å². The Hall–Kier alpha value is -2.13. The lowest BCUT2D eigenvalue weighted by Crippen LogP contribution is -1.95. The maximum atomic E-state index is 14.8. The van der Waals surface area contributed by atoms with Gasteiger partial charge in [-0.15, -0.1) is 11.8 Å². The third-order valence-electron chi connectivity index (χ3n) is 5.76. The lowest BCUT2D eigenvalue weighted by molar-refractivity contribution is 0.467. The van der Waals surface area contributed by atoms with E-state index in [9.17, 15) is 8.78 Å². The van der Waals surface area contributed by atoms with Gasteiger partial charge in [-0.2, -0.15) is 0 Å². The Morgan fingerprint density at radius 1 is 0.742 bits per heavy atom. The van der Waals surface area contributed by atoms with Crippen molar-refractivity contribution in [3.05, 3.63) is 77.9 Å². The van der Waals surface area contributed by atoms with Gasteiger partial charge in [0.2, 0.25) is 0 Å². The molecular formula is C28H32F2S. The predicted octanol–water partition coefficient (Wildman–Crippen LogP) is 9.31. The molecule has 0 aromatic heterocycles. The zero-order valence-corrected chi connectivity index (χ0v) is 19.6. The molecule has 0 saturated heterocycles. The summed E-state index contributed by atoms with van der Waals surface area (Å²) >= 11 is 1.42. The second-order valence-corrected chi connectivity index (χ2v) is 9.56. The summed E-state index contributed by atoms with van der Waals surface area (Å²) in [6.07, 6.45) is 5.87. The number of rotatable bonds is 10. The minimum atomic E-state index is -0.760. The van der Waals surface area contributed by atoms with Crippen molar-refractivity contribution in [1.29, 1.82) is 0 Å². The van der Waals surface area contributed by atoms with Crippen LogP contribution in [0.4, 0.5) is 8.78 Å². The summed E-state index contributed by atoms with van der Waals surface area (Å²) in [5.41, 5.74) is 4.38. The van der Waals surface area contributed by atoms with Gasteiger partial charge in [0.1, 0.15) is 0 Å². The molecule has 3 rings (SSSR count). The molecule has 0 spiro atoms. The van der Waals surface area contributed by atoms with E-state index >= 15 is 0 Å². The van der Waals surface area contributed by atoms with Crippen LogP contribution in [-0.4, -0.2) is 5.75 Å². The topological polar surface area (TPSA) is 0 Å². The Morgan fingerprint density at radius 2 is 1.35 bits per heavy atom. The first kappa shape index (κ1) is 23.5. The van der Waals surface area contributed by atoms with Crippen molar-refractivity contribution in [2.45, 2.75) is 57.8 Å². The number of aryl methyl sites for hydroxylation is 1. The third-order valence-corrected chi connectivity index (χ3v) is 6.88. The first-order chi connectivity index (χ1) is 15.0. The second kappa shape index (κ2) is 11.5. The van der Waals surface area contributed by atoms with Crippen molar-refractivity contribution in [2.75, 3.05) is 5.75 Å². The van der Waals surface area contributed by atoms with E-state index in [2.05, 4.69) is 45.0 Å². The smallest absolute Gasteiger partial charge is 0.172 e. The summed E-state index contributed by atoms with van der Waals surface area (Å²) in [6.45, 7) is 6.56. The molecule has 1 unspecified atom stereocenters. The molecule has 0 bridgehead atoms. The van der Waals surface area contributed by atoms with E-state index in [1.807, 2.05) is 24.3 Å². The third kappa shape index (κ3) is 6.43. The summed E-state index contributed by atoms with van der Waals surface area (Å²) in [5, 5.41) is 0. The predicted molar refractivity (Wildman–Crippen MR) is 131 cm³/mol. The van der Waals surface area contributed by atoms with Crippen molar-refractivity contribution >= 4 is 11.8 Å². The van der Waals surface area contributed by atoms with Crippen LogP contribution in [0.3, 0.4) is 0 Å². The van der Waals surface area contributed by atoms with Crippen LogP contribution < -0.4 is 0 Å². The largest absolute Gasteiger partial charge is 0.203 e. The van der Waals surface area contributed by atoms with Crippen molar-refractivity contribution in [3.8, 4) is 22.3 Å². The van der Waals surface area contributed by atoms with E-state index in [1.165, 1.54) is 36.6 Å². The minimum Gasteiger partial charge on any atom is -0.203 e. The van der Waals surface area contributed by atoms with Crippen LogP contribution in [0, 0.1) is 24.5 Å². The fraction of sp³-hybridized carbons (Fsp3) is 0.357. The van der Waals surface area contributed by atoms with E-state index < -0.39 is 11.6 Å². The molecule has 31 heavy (non-hydrogen) atoms. The van der Waals surface area contributed by atoms with Gasteiger partial charge in [-0.05, 0) is 47.8 Å². The van der Waals surface area contributed by atoms with Gasteiger partial charge in [-0.25, -0.2) is 8.78 Å². The van der Waals surface area contributed by atoms with E-state index in [-0.39, 0.29) is 0 Å². The van der Waals surface area contributed by atoms with Gasteiger partial charge in [0.05, 0.1) is 0 Å². The van der Waals surface area contributed by atoms with Crippen molar-refractivity contribution < 1.29 is 8.78 Å². The molecule has 0 aliphatic heterocycles. The molecular weight excluding hydrogens is 406 g/mol. The first-order valence-corrected chi connectivity index (χ1v) is 12.3. The fourth-order valence-corrected chi connectivity index (χ4v) is 4.82. The number of thioether (sulfide) groups is 1. The van der Waals surface area contributed by atoms with E-state index in [0.717, 1.165) is 35.6 Å². The Kier molecular flexibility index (Phi) is 8.71. The molecule has 0 N–H and O–H groups in total. The van der Waals surface area contributed by atoms with Gasteiger partial charge in [-0.3, -0.25) is 0 Å². The Labute approximate surface area is 190 Å². The lowest BCUT2D eigenvalue weighted by Gasteiger charge is -2.11. The van der Waals surface area contributed by atoms with Crippen molar-refractivity contribution in [3.63, 3.8) is 0 Å². The van der Waals surface area contributed by atoms with Crippen LogP contribution >= 0.6 is 11.8 Å². The van der Waals surface area contributed by atoms with Crippen LogP contribution in [0.25, 0.3) is 22.3 Å². The molecule has 0 heterocycles. The fourth-order valence-electron chi connectivity index (χ4n) is 3.87. The molecule has 1 atom stereocenters. The number of benzene rings is 3. The van der Waals surface area contributed by atoms with E-state index in [4.69, 9.17) is 0 Å². The molecule has 0 aliphatic carbocycles. The van der Waals surface area contributed by atoms with E-state index in [0.29, 0.717) is 16.0 Å². The highest BCUT2D eigenvalue weighted by molar-refractivity contribution is 7.99. The zero-order valence-electron chi connectivity index (χ0n) is 18.8. The lowest BCUT2D eigenvalue weighted by atomic mass is 9.99. The van der Waals surface area contributed by atoms with Gasteiger partial charge >= 0.3 is 0 Å². The molecule has 0 radical (unpaired) electrons. The Balaban J connectivity index is 1.63.